The molecule has 0 saturated heterocycles. The molecule has 0 radical (unpaired) electrons. The summed E-state index contributed by atoms with van der Waals surface area (Å²) >= 11 is 0. The largest absolute Gasteiger partial charge is 0.491 e. The van der Waals surface area contributed by atoms with Crippen molar-refractivity contribution in [2.45, 2.75) is 30.9 Å². The molecule has 2 aromatic rings. The molecule has 10 heteroatoms. The van der Waals surface area contributed by atoms with Gasteiger partial charge in [0, 0.05) is 39.4 Å². The maximum absolute atomic E-state index is 14.0. The average Bonchev–Trinajstić information content (AvgIpc) is 2.78. The van der Waals surface area contributed by atoms with Gasteiger partial charge in [0.2, 0.25) is 0 Å². The van der Waals surface area contributed by atoms with Crippen LogP contribution in [0.15, 0.2) is 47.4 Å². The number of benzene rings is 2. The number of fused-ring (bicyclic) bond motifs is 1. The lowest BCUT2D eigenvalue weighted by atomic mass is 10.0. The zero-order valence-electron chi connectivity index (χ0n) is 19.2. The normalized spacial score (nSPS) is 22.5. The van der Waals surface area contributed by atoms with Crippen molar-refractivity contribution in [2.24, 2.45) is 5.92 Å². The Morgan fingerprint density at radius 1 is 1.21 bits per heavy atom. The van der Waals surface area contributed by atoms with E-state index in [1.54, 1.807) is 19.1 Å². The highest BCUT2D eigenvalue weighted by Crippen LogP contribution is 2.28. The molecule has 3 atom stereocenters. The minimum Gasteiger partial charge on any atom is -0.491 e. The van der Waals surface area contributed by atoms with Gasteiger partial charge in [0.1, 0.15) is 23.1 Å². The van der Waals surface area contributed by atoms with Crippen LogP contribution >= 0.6 is 0 Å². The lowest BCUT2D eigenvalue weighted by Crippen LogP contribution is -2.44. The van der Waals surface area contributed by atoms with Gasteiger partial charge in [-0.25, -0.2) is 12.8 Å². The number of nitrogens with zero attached hydrogens (tertiary/aromatic N) is 1. The summed E-state index contributed by atoms with van der Waals surface area (Å²) in [5.74, 6) is -0.728. The number of methoxy groups -OCH3 is 1. The van der Waals surface area contributed by atoms with E-state index in [4.69, 9.17) is 9.47 Å². The van der Waals surface area contributed by atoms with Gasteiger partial charge in [-0.15, -0.1) is 0 Å². The Balaban J connectivity index is 1.93. The van der Waals surface area contributed by atoms with Crippen LogP contribution in [0.1, 0.15) is 24.2 Å². The SMILES string of the molecule is CO[C@@H]1CN(C)C(=O)c2ccc(NS(=O)(=O)c3ccccc3F)cc2OC[C@H](C)NC[C@H]1C. The summed E-state index contributed by atoms with van der Waals surface area (Å²) in [6.45, 7) is 5.34. The van der Waals surface area contributed by atoms with Crippen LogP contribution in [0.2, 0.25) is 0 Å². The van der Waals surface area contributed by atoms with E-state index in [0.717, 1.165) is 6.07 Å². The number of likely N-dealkylation sites (N-methyl/N-ethyl adjacent to an activating group) is 1. The van der Waals surface area contributed by atoms with Gasteiger partial charge in [-0.05, 0) is 37.1 Å². The van der Waals surface area contributed by atoms with Crippen molar-refractivity contribution in [3.05, 3.63) is 53.8 Å². The number of amides is 1. The minimum absolute atomic E-state index is 0.0242. The van der Waals surface area contributed by atoms with E-state index in [9.17, 15) is 17.6 Å². The Morgan fingerprint density at radius 2 is 1.94 bits per heavy atom. The first kappa shape index (κ1) is 24.9. The Kier molecular flexibility index (Phi) is 7.93. The van der Waals surface area contributed by atoms with Crippen molar-refractivity contribution in [3.8, 4) is 5.75 Å². The quantitative estimate of drug-likeness (QED) is 0.700. The van der Waals surface area contributed by atoms with Crippen molar-refractivity contribution >= 4 is 21.6 Å². The van der Waals surface area contributed by atoms with Crippen LogP contribution in [0.25, 0.3) is 0 Å². The van der Waals surface area contributed by atoms with Crippen LogP contribution in [-0.2, 0) is 14.8 Å². The molecule has 1 amide bonds. The zero-order valence-corrected chi connectivity index (χ0v) is 20.0. The molecule has 3 rings (SSSR count). The van der Waals surface area contributed by atoms with E-state index < -0.39 is 20.7 Å². The van der Waals surface area contributed by atoms with Gasteiger partial charge in [0.05, 0.1) is 17.4 Å². The predicted octanol–water partition coefficient (Wildman–Crippen LogP) is 2.72. The molecular formula is C23H30FN3O5S. The minimum atomic E-state index is -4.17. The maximum Gasteiger partial charge on any atom is 0.264 e. The van der Waals surface area contributed by atoms with Gasteiger partial charge in [0.25, 0.3) is 15.9 Å². The summed E-state index contributed by atoms with van der Waals surface area (Å²) in [7, 11) is -0.860. The monoisotopic (exact) mass is 479 g/mol. The predicted molar refractivity (Wildman–Crippen MR) is 124 cm³/mol. The first-order valence-corrected chi connectivity index (χ1v) is 12.2. The first-order valence-electron chi connectivity index (χ1n) is 10.7. The number of carbonyl (C=O) groups excluding carboxylic acids is 1. The highest BCUT2D eigenvalue weighted by molar-refractivity contribution is 7.92. The van der Waals surface area contributed by atoms with Gasteiger partial charge < -0.3 is 19.7 Å². The molecule has 2 N–H and O–H groups in total. The number of carbonyl (C=O) groups is 1. The summed E-state index contributed by atoms with van der Waals surface area (Å²) in [5.41, 5.74) is 0.449. The second kappa shape index (κ2) is 10.5. The van der Waals surface area contributed by atoms with Crippen LogP contribution in [-0.4, -0.2) is 65.2 Å². The second-order valence-corrected chi connectivity index (χ2v) is 9.96. The van der Waals surface area contributed by atoms with Crippen molar-refractivity contribution in [2.75, 3.05) is 38.6 Å². The fourth-order valence-electron chi connectivity index (χ4n) is 3.59. The molecular weight excluding hydrogens is 449 g/mol. The molecule has 8 nitrogen and oxygen atoms in total. The van der Waals surface area contributed by atoms with E-state index in [1.165, 1.54) is 36.4 Å². The lowest BCUT2D eigenvalue weighted by molar-refractivity contribution is 0.0281. The van der Waals surface area contributed by atoms with E-state index >= 15 is 0 Å². The van der Waals surface area contributed by atoms with Gasteiger partial charge in [0.15, 0.2) is 0 Å². The van der Waals surface area contributed by atoms with Gasteiger partial charge >= 0.3 is 0 Å². The molecule has 33 heavy (non-hydrogen) atoms. The molecule has 0 spiro atoms. The third-order valence-corrected chi connectivity index (χ3v) is 7.02. The molecule has 0 unspecified atom stereocenters. The van der Waals surface area contributed by atoms with Crippen LogP contribution in [0.3, 0.4) is 0 Å². The number of halogens is 1. The fourth-order valence-corrected chi connectivity index (χ4v) is 4.72. The van der Waals surface area contributed by atoms with Gasteiger partial charge in [-0.2, -0.15) is 0 Å². The number of hydrogen-bond acceptors (Lipinski definition) is 6. The fraction of sp³-hybridized carbons (Fsp3) is 0.435. The number of ether oxygens (including phenoxy) is 2. The average molecular weight is 480 g/mol. The molecule has 0 saturated carbocycles. The third-order valence-electron chi connectivity index (χ3n) is 5.61. The molecule has 0 aromatic heterocycles. The summed E-state index contributed by atoms with van der Waals surface area (Å²) in [6, 6.07) is 9.48. The summed E-state index contributed by atoms with van der Waals surface area (Å²) in [6.07, 6.45) is -0.158. The van der Waals surface area contributed by atoms with E-state index in [0.29, 0.717) is 18.7 Å². The zero-order chi connectivity index (χ0) is 24.2. The summed E-state index contributed by atoms with van der Waals surface area (Å²) in [5, 5.41) is 3.39. The molecule has 0 fully saturated rings. The number of rotatable bonds is 4. The third kappa shape index (κ3) is 6.01. The smallest absolute Gasteiger partial charge is 0.264 e. The highest BCUT2D eigenvalue weighted by atomic mass is 32.2. The molecule has 1 heterocycles. The Morgan fingerprint density at radius 3 is 2.64 bits per heavy atom. The van der Waals surface area contributed by atoms with Crippen LogP contribution < -0.4 is 14.8 Å². The maximum atomic E-state index is 14.0. The molecule has 180 valence electrons. The molecule has 1 aliphatic heterocycles. The second-order valence-electron chi connectivity index (χ2n) is 8.30. The molecule has 1 aliphatic rings. The van der Waals surface area contributed by atoms with Crippen molar-refractivity contribution in [1.29, 1.82) is 0 Å². The van der Waals surface area contributed by atoms with Crippen molar-refractivity contribution in [3.63, 3.8) is 0 Å². The van der Waals surface area contributed by atoms with Crippen LogP contribution in [0.5, 0.6) is 5.75 Å². The topological polar surface area (TPSA) is 97.0 Å². The standard InChI is InChI=1S/C23H30FN3O5S/c1-15-12-25-16(2)14-32-20-11-17(26-33(29,30)22-8-6-5-7-19(22)24)9-10-18(20)23(28)27(3)13-21(15)31-4/h5-11,15-16,21,25-26H,12-14H2,1-4H3/t15-,16+,21-/m1/s1. The first-order chi connectivity index (χ1) is 15.6. The highest BCUT2D eigenvalue weighted by Gasteiger charge is 2.26. The van der Waals surface area contributed by atoms with Crippen LogP contribution in [0, 0.1) is 11.7 Å². The van der Waals surface area contributed by atoms with E-state index in [-0.39, 0.29) is 42.0 Å². The molecule has 0 bridgehead atoms. The van der Waals surface area contributed by atoms with Crippen molar-refractivity contribution in [1.82, 2.24) is 10.2 Å². The van der Waals surface area contributed by atoms with Crippen LogP contribution in [0.4, 0.5) is 10.1 Å². The van der Waals surface area contributed by atoms with Gasteiger partial charge in [-0.3, -0.25) is 9.52 Å². The molecule has 2 aromatic carbocycles. The summed E-state index contributed by atoms with van der Waals surface area (Å²) in [4.78, 5) is 14.2. The number of sulfonamides is 1. The lowest BCUT2D eigenvalue weighted by Gasteiger charge is -2.30. The van der Waals surface area contributed by atoms with E-state index in [1.807, 2.05) is 6.92 Å². The van der Waals surface area contributed by atoms with E-state index in [2.05, 4.69) is 17.0 Å². The number of anilines is 1. The summed E-state index contributed by atoms with van der Waals surface area (Å²) < 4.78 is 53.3. The Labute approximate surface area is 194 Å². The Hall–Kier alpha value is -2.69. The number of hydrogen-bond donors (Lipinski definition) is 2. The van der Waals surface area contributed by atoms with Crippen molar-refractivity contribution < 1.29 is 27.1 Å². The molecule has 0 aliphatic carbocycles. The number of nitrogens with one attached hydrogen (secondary N) is 2. The Bertz CT molecular complexity index is 1100. The van der Waals surface area contributed by atoms with Gasteiger partial charge in [-0.1, -0.05) is 19.1 Å².